The van der Waals surface area contributed by atoms with Crippen molar-refractivity contribution in [2.24, 2.45) is 0 Å². The van der Waals surface area contributed by atoms with Gasteiger partial charge in [-0.25, -0.2) is 5.11 Å². The van der Waals surface area contributed by atoms with E-state index >= 15 is 0 Å². The quantitative estimate of drug-likeness (QED) is 0.556. The van der Waals surface area contributed by atoms with E-state index in [0.29, 0.717) is 6.42 Å². The second kappa shape index (κ2) is 2.29. The number of hydrogen-bond acceptors (Lipinski definition) is 1. The minimum absolute atomic E-state index is 0.461. The van der Waals surface area contributed by atoms with Crippen LogP contribution in [0.2, 0.25) is 0 Å². The van der Waals surface area contributed by atoms with E-state index in [1.54, 1.807) is 0 Å². The van der Waals surface area contributed by atoms with Crippen molar-refractivity contribution < 1.29 is 5.11 Å². The van der Waals surface area contributed by atoms with Crippen LogP contribution < -0.4 is 0 Å². The Morgan fingerprint density at radius 1 is 1.40 bits per heavy atom. The molecule has 1 aliphatic heterocycles. The van der Waals surface area contributed by atoms with E-state index in [0.717, 1.165) is 0 Å². The smallest absolute Gasteiger partial charge is 0.147 e. The molecule has 1 aromatic rings. The van der Waals surface area contributed by atoms with Crippen molar-refractivity contribution in [3.05, 3.63) is 29.8 Å². The molecule has 1 heterocycles. The van der Waals surface area contributed by atoms with Gasteiger partial charge in [0.2, 0.25) is 0 Å². The Morgan fingerprint density at radius 2 is 2.20 bits per heavy atom. The summed E-state index contributed by atoms with van der Waals surface area (Å²) in [5, 5.41) is 10.9. The fraction of sp³-hybridized carbons (Fsp3) is 0.250. The van der Waals surface area contributed by atoms with E-state index in [9.17, 15) is 5.11 Å². The average Bonchev–Trinajstić information content (AvgIpc) is 2.27. The molecule has 1 aromatic carbocycles. The minimum Gasteiger partial charge on any atom is -0.221 e. The summed E-state index contributed by atoms with van der Waals surface area (Å²) in [4.78, 5) is 1.17. The van der Waals surface area contributed by atoms with Gasteiger partial charge in [0.25, 0.3) is 0 Å². The third kappa shape index (κ3) is 0.935. The Balaban J connectivity index is 2.42. The maximum atomic E-state index is 10.9. The van der Waals surface area contributed by atoms with Gasteiger partial charge in [-0.3, -0.25) is 0 Å². The highest BCUT2D eigenvalue weighted by Crippen LogP contribution is 2.35. The van der Waals surface area contributed by atoms with Gasteiger partial charge in [-0.05, 0) is 11.6 Å². The van der Waals surface area contributed by atoms with E-state index in [1.165, 1.54) is 22.2 Å². The first-order valence-corrected chi connectivity index (χ1v) is 4.14. The van der Waals surface area contributed by atoms with Crippen LogP contribution in [-0.2, 0) is 11.5 Å². The molecule has 0 saturated heterocycles. The molecule has 0 aromatic heterocycles. The van der Waals surface area contributed by atoms with Gasteiger partial charge in [-0.2, -0.15) is 0 Å². The highest BCUT2D eigenvalue weighted by Gasteiger charge is 2.19. The maximum absolute atomic E-state index is 10.9. The summed E-state index contributed by atoms with van der Waals surface area (Å²) in [6.45, 7) is 0. The summed E-state index contributed by atoms with van der Waals surface area (Å²) in [6.07, 6.45) is 0.695. The lowest BCUT2D eigenvalue weighted by Gasteiger charge is -1.91. The first-order valence-electron chi connectivity index (χ1n) is 3.26. The Labute approximate surface area is 64.1 Å². The normalized spacial score (nSPS) is 22.7. The molecule has 0 N–H and O–H groups in total. The molecule has 0 fully saturated rings. The van der Waals surface area contributed by atoms with Gasteiger partial charge >= 0.3 is 0 Å². The Hall–Kier alpha value is -0.470. The zero-order valence-electron chi connectivity index (χ0n) is 5.41. The fourth-order valence-corrected chi connectivity index (χ4v) is 2.16. The largest absolute Gasteiger partial charge is 0.221 e. The van der Waals surface area contributed by atoms with Crippen LogP contribution in [0.25, 0.3) is 0 Å². The van der Waals surface area contributed by atoms with Crippen LogP contribution in [0.4, 0.5) is 0 Å². The Bertz CT molecular complexity index is 222. The van der Waals surface area contributed by atoms with E-state index in [2.05, 4.69) is 0 Å². The van der Waals surface area contributed by atoms with Crippen molar-refractivity contribution in [1.29, 1.82) is 0 Å². The summed E-state index contributed by atoms with van der Waals surface area (Å²) in [5.74, 6) is 0. The van der Waals surface area contributed by atoms with Crippen LogP contribution in [0.3, 0.4) is 0 Å². The minimum atomic E-state index is -0.461. The summed E-state index contributed by atoms with van der Waals surface area (Å²) in [7, 11) is 0. The molecular formula is C8H7OS. The van der Waals surface area contributed by atoms with Crippen LogP contribution in [0, 0.1) is 0 Å². The second-order valence-corrected chi connectivity index (χ2v) is 3.56. The molecule has 1 atom stereocenters. The SMILES string of the molecule is [O]C1Cc2ccccc2S1. The number of fused-ring (bicyclic) bond motifs is 1. The number of benzene rings is 1. The Morgan fingerprint density at radius 3 is 3.00 bits per heavy atom. The third-order valence-corrected chi connectivity index (χ3v) is 2.70. The van der Waals surface area contributed by atoms with E-state index < -0.39 is 5.44 Å². The zero-order valence-corrected chi connectivity index (χ0v) is 6.23. The van der Waals surface area contributed by atoms with Crippen LogP contribution in [-0.4, -0.2) is 5.44 Å². The highest BCUT2D eigenvalue weighted by atomic mass is 32.2. The summed E-state index contributed by atoms with van der Waals surface area (Å²) in [5.41, 5.74) is 0.755. The molecule has 0 saturated carbocycles. The fourth-order valence-electron chi connectivity index (χ4n) is 1.15. The van der Waals surface area contributed by atoms with Crippen LogP contribution >= 0.6 is 11.8 Å². The first kappa shape index (κ1) is 6.25. The van der Waals surface area contributed by atoms with Crippen LogP contribution in [0.1, 0.15) is 5.56 Å². The van der Waals surface area contributed by atoms with Gasteiger partial charge in [0.1, 0.15) is 5.44 Å². The number of hydrogen-bond donors (Lipinski definition) is 0. The van der Waals surface area contributed by atoms with E-state index in [4.69, 9.17) is 0 Å². The molecule has 0 amide bonds. The summed E-state index contributed by atoms with van der Waals surface area (Å²) in [6, 6.07) is 8.00. The number of rotatable bonds is 0. The topological polar surface area (TPSA) is 19.9 Å². The molecular weight excluding hydrogens is 144 g/mol. The van der Waals surface area contributed by atoms with Gasteiger partial charge < -0.3 is 0 Å². The average molecular weight is 151 g/mol. The van der Waals surface area contributed by atoms with Crippen LogP contribution in [0.15, 0.2) is 29.2 Å². The molecule has 51 valence electrons. The molecule has 1 aliphatic rings. The first-order chi connectivity index (χ1) is 4.86. The molecule has 2 heteroatoms. The molecule has 0 bridgehead atoms. The predicted octanol–water partition coefficient (Wildman–Crippen LogP) is 2.09. The highest BCUT2D eigenvalue weighted by molar-refractivity contribution is 8.00. The zero-order chi connectivity index (χ0) is 6.97. The Kier molecular flexibility index (Phi) is 1.43. The lowest BCUT2D eigenvalue weighted by molar-refractivity contribution is 0.168. The standard InChI is InChI=1S/C8H7OS/c9-8-5-6-3-1-2-4-7(6)10-8/h1-4,8H,5H2. The molecule has 10 heavy (non-hydrogen) atoms. The van der Waals surface area contributed by atoms with Gasteiger partial charge in [0.15, 0.2) is 0 Å². The van der Waals surface area contributed by atoms with E-state index in [1.807, 2.05) is 24.3 Å². The van der Waals surface area contributed by atoms with Crippen molar-refractivity contribution >= 4 is 11.8 Å². The summed E-state index contributed by atoms with van der Waals surface area (Å²) < 4.78 is 0. The summed E-state index contributed by atoms with van der Waals surface area (Å²) >= 11 is 1.44. The molecule has 0 aliphatic carbocycles. The van der Waals surface area contributed by atoms with E-state index in [-0.39, 0.29) is 0 Å². The van der Waals surface area contributed by atoms with Crippen molar-refractivity contribution in [3.8, 4) is 0 Å². The van der Waals surface area contributed by atoms with Crippen molar-refractivity contribution in [3.63, 3.8) is 0 Å². The van der Waals surface area contributed by atoms with Gasteiger partial charge in [0.05, 0.1) is 0 Å². The molecule has 0 spiro atoms. The predicted molar refractivity (Wildman–Crippen MR) is 40.5 cm³/mol. The van der Waals surface area contributed by atoms with Gasteiger partial charge in [-0.15, -0.1) is 0 Å². The lowest BCUT2D eigenvalue weighted by atomic mass is 10.2. The second-order valence-electron chi connectivity index (χ2n) is 2.36. The molecule has 1 nitrogen and oxygen atoms in total. The van der Waals surface area contributed by atoms with Gasteiger partial charge in [-0.1, -0.05) is 30.0 Å². The van der Waals surface area contributed by atoms with Crippen LogP contribution in [0.5, 0.6) is 0 Å². The van der Waals surface area contributed by atoms with Gasteiger partial charge in [0, 0.05) is 11.3 Å². The lowest BCUT2D eigenvalue weighted by Crippen LogP contribution is -1.93. The molecule has 2 rings (SSSR count). The maximum Gasteiger partial charge on any atom is 0.147 e. The third-order valence-electron chi connectivity index (χ3n) is 1.62. The number of thioether (sulfide) groups is 1. The van der Waals surface area contributed by atoms with Crippen molar-refractivity contribution in [2.75, 3.05) is 0 Å². The van der Waals surface area contributed by atoms with Crippen molar-refractivity contribution in [2.45, 2.75) is 16.8 Å². The molecule has 1 radical (unpaired) electrons. The van der Waals surface area contributed by atoms with Crippen molar-refractivity contribution in [1.82, 2.24) is 0 Å². The monoisotopic (exact) mass is 151 g/mol. The molecule has 1 unspecified atom stereocenters.